The lowest BCUT2D eigenvalue weighted by Crippen LogP contribution is -2.51. The molecule has 7 nitrogen and oxygen atoms in total. The molecule has 4 rings (SSSR count). The molecule has 0 radical (unpaired) electrons. The molecule has 4 amide bonds. The second-order valence-corrected chi connectivity index (χ2v) is 7.88. The quantitative estimate of drug-likeness (QED) is 0.740. The Morgan fingerprint density at radius 1 is 1.21 bits per heavy atom. The number of hydrogen-bond acceptors (Lipinski definition) is 4. The third-order valence-electron chi connectivity index (χ3n) is 6.39. The fourth-order valence-corrected chi connectivity index (χ4v) is 4.93. The van der Waals surface area contributed by atoms with Crippen molar-refractivity contribution in [3.8, 4) is 0 Å². The molecule has 132 valence electrons. The molecule has 24 heavy (non-hydrogen) atoms. The summed E-state index contributed by atoms with van der Waals surface area (Å²) in [5.41, 5.74) is -0.732. The topological polar surface area (TPSA) is 81.8 Å². The summed E-state index contributed by atoms with van der Waals surface area (Å²) in [6.45, 7) is -0.137. The third-order valence-corrected chi connectivity index (χ3v) is 6.39. The van der Waals surface area contributed by atoms with Crippen molar-refractivity contribution in [2.24, 2.45) is 0 Å². The van der Waals surface area contributed by atoms with Gasteiger partial charge in [0.25, 0.3) is 5.91 Å². The summed E-state index contributed by atoms with van der Waals surface area (Å²) in [6.07, 6.45) is 7.56. The fourth-order valence-electron chi connectivity index (χ4n) is 4.93. The van der Waals surface area contributed by atoms with Gasteiger partial charge >= 0.3 is 6.03 Å². The first-order chi connectivity index (χ1) is 11.5. The van der Waals surface area contributed by atoms with Crippen molar-refractivity contribution in [3.05, 3.63) is 0 Å². The Balaban J connectivity index is 1.40. The third kappa shape index (κ3) is 2.49. The minimum atomic E-state index is -0.732. The van der Waals surface area contributed by atoms with Gasteiger partial charge in [0.15, 0.2) is 0 Å². The van der Waals surface area contributed by atoms with Gasteiger partial charge in [-0.3, -0.25) is 14.5 Å². The van der Waals surface area contributed by atoms with Gasteiger partial charge in [-0.15, -0.1) is 0 Å². The molecule has 0 aromatic heterocycles. The van der Waals surface area contributed by atoms with Crippen LogP contribution in [0.3, 0.4) is 0 Å². The van der Waals surface area contributed by atoms with Crippen molar-refractivity contribution in [3.63, 3.8) is 0 Å². The molecule has 1 saturated carbocycles. The second-order valence-electron chi connectivity index (χ2n) is 7.88. The summed E-state index contributed by atoms with van der Waals surface area (Å²) in [5, 5.41) is 6.40. The molecule has 7 heteroatoms. The number of imide groups is 1. The summed E-state index contributed by atoms with van der Waals surface area (Å²) in [6, 6.07) is 0.802. The van der Waals surface area contributed by atoms with Crippen LogP contribution in [0, 0.1) is 0 Å². The van der Waals surface area contributed by atoms with Gasteiger partial charge < -0.3 is 15.5 Å². The number of amides is 4. The Bertz CT molecular complexity index is 560. The van der Waals surface area contributed by atoms with E-state index in [-0.39, 0.29) is 24.4 Å². The Morgan fingerprint density at radius 2 is 1.83 bits per heavy atom. The van der Waals surface area contributed by atoms with Crippen LogP contribution in [0.1, 0.15) is 51.4 Å². The predicted molar refractivity (Wildman–Crippen MR) is 87.2 cm³/mol. The Hall–Kier alpha value is -1.63. The first-order valence-electron chi connectivity index (χ1n) is 9.14. The van der Waals surface area contributed by atoms with Gasteiger partial charge in [0, 0.05) is 25.2 Å². The summed E-state index contributed by atoms with van der Waals surface area (Å²) in [5.74, 6) is -0.350. The number of fused-ring (bicyclic) bond motifs is 2. The summed E-state index contributed by atoms with van der Waals surface area (Å²) >= 11 is 0. The van der Waals surface area contributed by atoms with Gasteiger partial charge in [0.05, 0.1) is 0 Å². The lowest BCUT2D eigenvalue weighted by Gasteiger charge is -2.36. The zero-order chi connectivity index (χ0) is 16.9. The van der Waals surface area contributed by atoms with E-state index >= 15 is 0 Å². The molecule has 2 N–H and O–H groups in total. The highest BCUT2D eigenvalue weighted by Crippen LogP contribution is 2.35. The normalized spacial score (nSPS) is 34.0. The van der Waals surface area contributed by atoms with Crippen LogP contribution >= 0.6 is 0 Å². The van der Waals surface area contributed by atoms with Gasteiger partial charge in [0.1, 0.15) is 12.1 Å². The van der Waals surface area contributed by atoms with Crippen molar-refractivity contribution in [1.29, 1.82) is 0 Å². The van der Waals surface area contributed by atoms with Gasteiger partial charge in [-0.25, -0.2) is 4.79 Å². The molecule has 3 aliphatic heterocycles. The maximum atomic E-state index is 12.7. The van der Waals surface area contributed by atoms with E-state index in [1.807, 2.05) is 7.05 Å². The first kappa shape index (κ1) is 15.9. The van der Waals surface area contributed by atoms with E-state index in [0.29, 0.717) is 24.9 Å². The zero-order valence-corrected chi connectivity index (χ0v) is 14.2. The molecule has 3 heterocycles. The molecule has 0 aromatic carbocycles. The van der Waals surface area contributed by atoms with Crippen LogP contribution in [0.4, 0.5) is 4.79 Å². The summed E-state index contributed by atoms with van der Waals surface area (Å²) in [4.78, 5) is 40.4. The molecule has 1 aliphatic carbocycles. The number of hydrogen-bond donors (Lipinski definition) is 2. The Morgan fingerprint density at radius 3 is 2.46 bits per heavy atom. The predicted octanol–water partition coefficient (Wildman–Crippen LogP) is 0.592. The standard InChI is InChI=1S/C17H26N4O3/c1-20(13-8-11-4-5-12(9-13)18-11)14(22)10-21-15(23)17(19-16(21)24)6-2-3-7-17/h11-13,18H,2-10H2,1H3,(H,19,24). The molecular weight excluding hydrogens is 308 g/mol. The number of carbonyl (C=O) groups is 3. The van der Waals surface area contributed by atoms with E-state index in [1.54, 1.807) is 4.90 Å². The molecule has 1 spiro atoms. The number of nitrogens with one attached hydrogen (secondary N) is 2. The van der Waals surface area contributed by atoms with Crippen LogP contribution in [0.5, 0.6) is 0 Å². The SMILES string of the molecule is CN(C(=O)CN1C(=O)NC2(CCCC2)C1=O)C1CC2CCC(C1)N2. The highest BCUT2D eigenvalue weighted by atomic mass is 16.2. The zero-order valence-electron chi connectivity index (χ0n) is 14.2. The van der Waals surface area contributed by atoms with Crippen LogP contribution in [0.15, 0.2) is 0 Å². The van der Waals surface area contributed by atoms with Crippen LogP contribution in [-0.4, -0.2) is 64.9 Å². The van der Waals surface area contributed by atoms with Crippen molar-refractivity contribution in [2.45, 2.75) is 75.0 Å². The number of rotatable bonds is 3. The van der Waals surface area contributed by atoms with Crippen LogP contribution in [0.2, 0.25) is 0 Å². The maximum absolute atomic E-state index is 12.7. The molecule has 3 saturated heterocycles. The average molecular weight is 334 g/mol. The number of nitrogens with zero attached hydrogens (tertiary/aromatic N) is 2. The van der Waals surface area contributed by atoms with E-state index < -0.39 is 11.6 Å². The van der Waals surface area contributed by atoms with Gasteiger partial charge in [-0.2, -0.15) is 0 Å². The highest BCUT2D eigenvalue weighted by Gasteiger charge is 2.53. The smallest absolute Gasteiger partial charge is 0.325 e. The van der Waals surface area contributed by atoms with Gasteiger partial charge in [-0.05, 0) is 38.5 Å². The highest BCUT2D eigenvalue weighted by molar-refractivity contribution is 6.09. The van der Waals surface area contributed by atoms with E-state index in [1.165, 1.54) is 12.8 Å². The van der Waals surface area contributed by atoms with Gasteiger partial charge in [-0.1, -0.05) is 12.8 Å². The minimum Gasteiger partial charge on any atom is -0.341 e. The molecule has 2 bridgehead atoms. The van der Waals surface area contributed by atoms with Crippen molar-refractivity contribution >= 4 is 17.8 Å². The molecule has 4 fully saturated rings. The maximum Gasteiger partial charge on any atom is 0.325 e. The largest absolute Gasteiger partial charge is 0.341 e. The number of carbonyl (C=O) groups excluding carboxylic acids is 3. The second kappa shape index (κ2) is 5.72. The minimum absolute atomic E-state index is 0.137. The number of piperidine rings is 1. The lowest BCUT2D eigenvalue weighted by atomic mass is 9.97. The van der Waals surface area contributed by atoms with Crippen LogP contribution in [-0.2, 0) is 9.59 Å². The molecule has 0 aromatic rings. The summed E-state index contributed by atoms with van der Waals surface area (Å²) < 4.78 is 0. The number of likely N-dealkylation sites (N-methyl/N-ethyl adjacent to an activating group) is 1. The first-order valence-corrected chi connectivity index (χ1v) is 9.14. The summed E-state index contributed by atoms with van der Waals surface area (Å²) in [7, 11) is 1.81. The fraction of sp³-hybridized carbons (Fsp3) is 0.824. The molecule has 2 atom stereocenters. The van der Waals surface area contributed by atoms with Crippen LogP contribution in [0.25, 0.3) is 0 Å². The van der Waals surface area contributed by atoms with E-state index in [4.69, 9.17) is 0 Å². The van der Waals surface area contributed by atoms with Crippen molar-refractivity contribution < 1.29 is 14.4 Å². The number of urea groups is 1. The van der Waals surface area contributed by atoms with Gasteiger partial charge in [0.2, 0.25) is 5.91 Å². The van der Waals surface area contributed by atoms with Crippen LogP contribution < -0.4 is 10.6 Å². The van der Waals surface area contributed by atoms with E-state index in [9.17, 15) is 14.4 Å². The Labute approximate surface area is 142 Å². The molecule has 2 unspecified atom stereocenters. The van der Waals surface area contributed by atoms with Crippen molar-refractivity contribution in [2.75, 3.05) is 13.6 Å². The van der Waals surface area contributed by atoms with E-state index in [2.05, 4.69) is 10.6 Å². The average Bonchev–Trinajstić information content (AvgIpc) is 3.23. The lowest BCUT2D eigenvalue weighted by molar-refractivity contribution is -0.139. The van der Waals surface area contributed by atoms with E-state index in [0.717, 1.165) is 30.6 Å². The molecular formula is C17H26N4O3. The monoisotopic (exact) mass is 334 g/mol. The molecule has 4 aliphatic rings. The van der Waals surface area contributed by atoms with Crippen molar-refractivity contribution in [1.82, 2.24) is 20.4 Å². The Kier molecular flexibility index (Phi) is 3.78.